The molecule has 2 aliphatic rings. The number of anilines is 1. The van der Waals surface area contributed by atoms with Gasteiger partial charge in [0.2, 0.25) is 0 Å². The normalized spacial score (nSPS) is 21.8. The van der Waals surface area contributed by atoms with Gasteiger partial charge in [0.25, 0.3) is 0 Å². The van der Waals surface area contributed by atoms with Crippen LogP contribution in [0.5, 0.6) is 0 Å². The minimum absolute atomic E-state index is 0.299. The maximum atomic E-state index is 5.95. The second-order valence-electron chi connectivity index (χ2n) is 4.82. The summed E-state index contributed by atoms with van der Waals surface area (Å²) in [6.07, 6.45) is 3.86. The van der Waals surface area contributed by atoms with Crippen LogP contribution in [-0.2, 0) is 5.41 Å². The van der Waals surface area contributed by atoms with E-state index in [0.717, 1.165) is 13.1 Å². The molecule has 3 N–H and O–H groups in total. The van der Waals surface area contributed by atoms with Gasteiger partial charge >= 0.3 is 0 Å². The number of thioether (sulfide) groups is 1. The molecule has 2 nitrogen and oxygen atoms in total. The van der Waals surface area contributed by atoms with Crippen LogP contribution in [0.3, 0.4) is 0 Å². The minimum atomic E-state index is 0.299. The molecule has 1 heterocycles. The Kier molecular flexibility index (Phi) is 2.60. The number of nitrogens with one attached hydrogen (secondary N) is 1. The summed E-state index contributed by atoms with van der Waals surface area (Å²) in [4.78, 5) is 1.41. The van der Waals surface area contributed by atoms with Gasteiger partial charge in [0.1, 0.15) is 0 Å². The van der Waals surface area contributed by atoms with Crippen LogP contribution in [0.4, 0.5) is 5.69 Å². The molecule has 0 spiro atoms. The Morgan fingerprint density at radius 3 is 2.94 bits per heavy atom. The Bertz CT molecular complexity index is 393. The minimum Gasteiger partial charge on any atom is -0.383 e. The van der Waals surface area contributed by atoms with Crippen LogP contribution in [-0.4, -0.2) is 18.8 Å². The van der Waals surface area contributed by atoms with Crippen molar-refractivity contribution < 1.29 is 0 Å². The highest BCUT2D eigenvalue weighted by Gasteiger charge is 2.37. The standard InChI is InChI=1S/C13H18N2S/c14-9-13(4-1-5-13)10-2-3-11-12(8-10)16-7-6-15-11/h2-3,8,15H,1,4-7,9,14H2. The maximum absolute atomic E-state index is 5.95. The Morgan fingerprint density at radius 1 is 1.38 bits per heavy atom. The van der Waals surface area contributed by atoms with E-state index in [1.165, 1.54) is 41.2 Å². The van der Waals surface area contributed by atoms with Gasteiger partial charge in [0.15, 0.2) is 0 Å². The lowest BCUT2D eigenvalue weighted by Crippen LogP contribution is -2.41. The van der Waals surface area contributed by atoms with E-state index in [-0.39, 0.29) is 0 Å². The summed E-state index contributed by atoms with van der Waals surface area (Å²) in [6.45, 7) is 1.88. The summed E-state index contributed by atoms with van der Waals surface area (Å²) in [7, 11) is 0. The van der Waals surface area contributed by atoms with E-state index >= 15 is 0 Å². The second-order valence-corrected chi connectivity index (χ2v) is 5.96. The van der Waals surface area contributed by atoms with Gasteiger partial charge < -0.3 is 11.1 Å². The van der Waals surface area contributed by atoms with Gasteiger partial charge in [-0.25, -0.2) is 0 Å². The quantitative estimate of drug-likeness (QED) is 0.826. The van der Waals surface area contributed by atoms with Crippen LogP contribution < -0.4 is 11.1 Å². The molecule has 0 amide bonds. The molecule has 1 aliphatic carbocycles. The summed E-state index contributed by atoms with van der Waals surface area (Å²) in [6, 6.07) is 6.86. The third kappa shape index (κ3) is 1.54. The molecule has 1 fully saturated rings. The average Bonchev–Trinajstić information content (AvgIpc) is 2.28. The molecule has 86 valence electrons. The van der Waals surface area contributed by atoms with Crippen molar-refractivity contribution in [2.45, 2.75) is 29.6 Å². The van der Waals surface area contributed by atoms with Crippen LogP contribution in [0, 0.1) is 0 Å². The molecule has 0 unspecified atom stereocenters. The summed E-state index contributed by atoms with van der Waals surface area (Å²) >= 11 is 1.96. The molecule has 0 aromatic heterocycles. The molecular weight excluding hydrogens is 216 g/mol. The molecule has 16 heavy (non-hydrogen) atoms. The zero-order valence-electron chi connectivity index (χ0n) is 9.46. The molecule has 1 aliphatic heterocycles. The molecule has 1 aromatic rings. The van der Waals surface area contributed by atoms with Crippen molar-refractivity contribution in [3.05, 3.63) is 23.8 Å². The van der Waals surface area contributed by atoms with Crippen molar-refractivity contribution in [1.29, 1.82) is 0 Å². The van der Waals surface area contributed by atoms with E-state index in [0.29, 0.717) is 5.41 Å². The van der Waals surface area contributed by atoms with Crippen molar-refractivity contribution in [1.82, 2.24) is 0 Å². The molecule has 0 radical (unpaired) electrons. The van der Waals surface area contributed by atoms with E-state index in [1.54, 1.807) is 0 Å². The number of nitrogens with two attached hydrogens (primary N) is 1. The topological polar surface area (TPSA) is 38.0 Å². The molecular formula is C13H18N2S. The van der Waals surface area contributed by atoms with Crippen LogP contribution in [0.1, 0.15) is 24.8 Å². The molecule has 1 saturated carbocycles. The number of fused-ring (bicyclic) bond motifs is 1. The zero-order valence-corrected chi connectivity index (χ0v) is 10.3. The molecule has 3 heteroatoms. The van der Waals surface area contributed by atoms with Crippen molar-refractivity contribution in [3.63, 3.8) is 0 Å². The summed E-state index contributed by atoms with van der Waals surface area (Å²) in [5.41, 5.74) is 9.01. The third-order valence-corrected chi connectivity index (χ3v) is 5.03. The number of hydrogen-bond acceptors (Lipinski definition) is 3. The zero-order chi connectivity index (χ0) is 11.0. The van der Waals surface area contributed by atoms with Crippen molar-refractivity contribution in [3.8, 4) is 0 Å². The number of rotatable bonds is 2. The van der Waals surface area contributed by atoms with Crippen LogP contribution in [0.15, 0.2) is 23.1 Å². The van der Waals surface area contributed by atoms with E-state index in [2.05, 4.69) is 23.5 Å². The SMILES string of the molecule is NCC1(c2ccc3c(c2)SCCN3)CCC1. The first-order valence-electron chi connectivity index (χ1n) is 6.05. The Morgan fingerprint density at radius 2 is 2.25 bits per heavy atom. The van der Waals surface area contributed by atoms with Crippen molar-refractivity contribution in [2.75, 3.05) is 24.2 Å². The van der Waals surface area contributed by atoms with E-state index < -0.39 is 0 Å². The van der Waals surface area contributed by atoms with E-state index in [1.807, 2.05) is 11.8 Å². The number of benzene rings is 1. The number of hydrogen-bond donors (Lipinski definition) is 2. The summed E-state index contributed by atoms with van der Waals surface area (Å²) in [5, 5.41) is 3.44. The molecule has 1 aromatic carbocycles. The predicted molar refractivity (Wildman–Crippen MR) is 70.2 cm³/mol. The lowest BCUT2D eigenvalue weighted by molar-refractivity contribution is 0.252. The first-order chi connectivity index (χ1) is 7.84. The largest absolute Gasteiger partial charge is 0.383 e. The Balaban J connectivity index is 1.96. The summed E-state index contributed by atoms with van der Waals surface area (Å²) in [5.74, 6) is 1.17. The van der Waals surface area contributed by atoms with Gasteiger partial charge in [0.05, 0.1) is 0 Å². The lowest BCUT2D eigenvalue weighted by atomic mass is 9.64. The van der Waals surface area contributed by atoms with Gasteiger partial charge in [-0.1, -0.05) is 12.5 Å². The van der Waals surface area contributed by atoms with Gasteiger partial charge in [-0.3, -0.25) is 0 Å². The first kappa shape index (κ1) is 10.5. The average molecular weight is 234 g/mol. The Hall–Kier alpha value is -0.670. The third-order valence-electron chi connectivity index (χ3n) is 3.97. The fourth-order valence-corrected chi connectivity index (χ4v) is 3.61. The molecule has 3 rings (SSSR count). The van der Waals surface area contributed by atoms with E-state index in [9.17, 15) is 0 Å². The predicted octanol–water partition coefficient (Wildman–Crippen LogP) is 2.58. The highest BCUT2D eigenvalue weighted by atomic mass is 32.2. The highest BCUT2D eigenvalue weighted by Crippen LogP contribution is 2.45. The highest BCUT2D eigenvalue weighted by molar-refractivity contribution is 7.99. The van der Waals surface area contributed by atoms with Crippen molar-refractivity contribution >= 4 is 17.4 Å². The summed E-state index contributed by atoms with van der Waals surface area (Å²) < 4.78 is 0. The maximum Gasteiger partial charge on any atom is 0.0478 e. The molecule has 0 saturated heterocycles. The smallest absolute Gasteiger partial charge is 0.0478 e. The molecule has 0 bridgehead atoms. The fourth-order valence-electron chi connectivity index (χ4n) is 2.68. The van der Waals surface area contributed by atoms with E-state index in [4.69, 9.17) is 5.73 Å². The Labute approximate surface area is 101 Å². The van der Waals surface area contributed by atoms with Crippen LogP contribution >= 0.6 is 11.8 Å². The van der Waals surface area contributed by atoms with Crippen molar-refractivity contribution in [2.24, 2.45) is 5.73 Å². The fraction of sp³-hybridized carbons (Fsp3) is 0.538. The van der Waals surface area contributed by atoms with Gasteiger partial charge in [-0.05, 0) is 30.5 Å². The lowest BCUT2D eigenvalue weighted by Gasteiger charge is -2.42. The van der Waals surface area contributed by atoms with Gasteiger partial charge in [-0.2, -0.15) is 0 Å². The molecule has 0 atom stereocenters. The second kappa shape index (κ2) is 3.97. The van der Waals surface area contributed by atoms with Crippen LogP contribution in [0.25, 0.3) is 0 Å². The van der Waals surface area contributed by atoms with Crippen LogP contribution in [0.2, 0.25) is 0 Å². The van der Waals surface area contributed by atoms with Gasteiger partial charge in [-0.15, -0.1) is 11.8 Å². The van der Waals surface area contributed by atoms with Gasteiger partial charge in [0, 0.05) is 34.8 Å². The first-order valence-corrected chi connectivity index (χ1v) is 7.04. The monoisotopic (exact) mass is 234 g/mol.